The second-order valence-corrected chi connectivity index (χ2v) is 2.00. The van der Waals surface area contributed by atoms with E-state index in [1.165, 1.54) is 0 Å². The summed E-state index contributed by atoms with van der Waals surface area (Å²) in [5, 5.41) is 25.2. The molecule has 0 bridgehead atoms. The molecule has 0 atom stereocenters. The lowest BCUT2D eigenvalue weighted by molar-refractivity contribution is -0.126. The Morgan fingerprint density at radius 3 is 2.00 bits per heavy atom. The molecular formula is C6H12O4. The van der Waals surface area contributed by atoms with Crippen molar-refractivity contribution in [2.75, 3.05) is 19.8 Å². The SMILES string of the molecule is O=C(CCO)C(CO)CO. The summed E-state index contributed by atoms with van der Waals surface area (Å²) in [5.74, 6) is -1.01. The van der Waals surface area contributed by atoms with Crippen LogP contribution in [0.1, 0.15) is 6.42 Å². The number of ketones is 1. The Kier molecular flexibility index (Phi) is 5.10. The predicted octanol–water partition coefficient (Wildman–Crippen LogP) is -1.46. The van der Waals surface area contributed by atoms with Gasteiger partial charge in [-0.05, 0) is 0 Å². The summed E-state index contributed by atoms with van der Waals surface area (Å²) in [6.07, 6.45) is 0.00574. The summed E-state index contributed by atoms with van der Waals surface area (Å²) in [6, 6.07) is 0. The van der Waals surface area contributed by atoms with E-state index in [9.17, 15) is 4.79 Å². The van der Waals surface area contributed by atoms with Gasteiger partial charge in [-0.1, -0.05) is 0 Å². The Morgan fingerprint density at radius 2 is 1.70 bits per heavy atom. The molecule has 10 heavy (non-hydrogen) atoms. The van der Waals surface area contributed by atoms with E-state index in [1.807, 2.05) is 0 Å². The minimum Gasteiger partial charge on any atom is -0.396 e. The highest BCUT2D eigenvalue weighted by atomic mass is 16.3. The number of hydrogen-bond donors (Lipinski definition) is 3. The van der Waals surface area contributed by atoms with Crippen LogP contribution in [0.25, 0.3) is 0 Å². The summed E-state index contributed by atoms with van der Waals surface area (Å²) in [6.45, 7) is -0.931. The first-order valence-electron chi connectivity index (χ1n) is 3.11. The van der Waals surface area contributed by atoms with Crippen molar-refractivity contribution in [2.45, 2.75) is 6.42 Å². The molecule has 0 heterocycles. The molecule has 0 saturated carbocycles. The van der Waals surface area contributed by atoms with Crippen molar-refractivity contribution in [2.24, 2.45) is 5.92 Å². The number of rotatable bonds is 5. The van der Waals surface area contributed by atoms with Crippen molar-refractivity contribution < 1.29 is 20.1 Å². The van der Waals surface area contributed by atoms with Crippen LogP contribution in [0, 0.1) is 5.92 Å². The highest BCUT2D eigenvalue weighted by Gasteiger charge is 2.14. The van der Waals surface area contributed by atoms with Crippen LogP contribution in [-0.2, 0) is 4.79 Å². The van der Waals surface area contributed by atoms with Crippen LogP contribution < -0.4 is 0 Å². The fraction of sp³-hybridized carbons (Fsp3) is 0.833. The standard InChI is InChI=1S/C6H12O4/c7-2-1-6(10)5(3-8)4-9/h5,7-9H,1-4H2. The summed E-state index contributed by atoms with van der Waals surface area (Å²) in [4.78, 5) is 10.7. The third-order valence-electron chi connectivity index (χ3n) is 1.25. The molecule has 0 rings (SSSR count). The zero-order valence-corrected chi connectivity index (χ0v) is 5.66. The number of carbonyl (C=O) groups is 1. The highest BCUT2D eigenvalue weighted by molar-refractivity contribution is 5.81. The summed E-state index contributed by atoms with van der Waals surface area (Å²) < 4.78 is 0. The fourth-order valence-corrected chi connectivity index (χ4v) is 0.576. The maximum absolute atomic E-state index is 10.7. The van der Waals surface area contributed by atoms with E-state index in [1.54, 1.807) is 0 Å². The first kappa shape index (κ1) is 9.55. The Balaban J connectivity index is 3.65. The van der Waals surface area contributed by atoms with E-state index in [4.69, 9.17) is 15.3 Å². The quantitative estimate of drug-likeness (QED) is 0.445. The molecule has 0 aromatic carbocycles. The molecule has 4 heteroatoms. The lowest BCUT2D eigenvalue weighted by Crippen LogP contribution is -2.22. The van der Waals surface area contributed by atoms with Gasteiger partial charge < -0.3 is 15.3 Å². The van der Waals surface area contributed by atoms with Crippen molar-refractivity contribution >= 4 is 5.78 Å². The molecule has 0 aromatic heterocycles. The van der Waals surface area contributed by atoms with Gasteiger partial charge in [0.2, 0.25) is 0 Å². The van der Waals surface area contributed by atoms with Crippen LogP contribution >= 0.6 is 0 Å². The van der Waals surface area contributed by atoms with Gasteiger partial charge in [-0.2, -0.15) is 0 Å². The van der Waals surface area contributed by atoms with Crippen molar-refractivity contribution in [3.05, 3.63) is 0 Å². The molecule has 0 fully saturated rings. The van der Waals surface area contributed by atoms with E-state index in [2.05, 4.69) is 0 Å². The van der Waals surface area contributed by atoms with Crippen molar-refractivity contribution in [1.29, 1.82) is 0 Å². The molecule has 0 spiro atoms. The van der Waals surface area contributed by atoms with E-state index >= 15 is 0 Å². The zero-order chi connectivity index (χ0) is 7.98. The van der Waals surface area contributed by atoms with Gasteiger partial charge in [-0.25, -0.2) is 0 Å². The van der Waals surface area contributed by atoms with Crippen LogP contribution in [0.5, 0.6) is 0 Å². The number of carbonyl (C=O) groups excluding carboxylic acids is 1. The normalized spacial score (nSPS) is 10.4. The topological polar surface area (TPSA) is 77.8 Å². The molecule has 0 aromatic rings. The third-order valence-corrected chi connectivity index (χ3v) is 1.25. The van der Waals surface area contributed by atoms with Crippen LogP contribution in [0.2, 0.25) is 0 Å². The average molecular weight is 148 g/mol. The summed E-state index contributed by atoms with van der Waals surface area (Å²) >= 11 is 0. The largest absolute Gasteiger partial charge is 0.396 e. The Bertz CT molecular complexity index is 97.9. The molecule has 0 amide bonds. The van der Waals surface area contributed by atoms with Crippen LogP contribution in [0.3, 0.4) is 0 Å². The molecule has 0 aliphatic heterocycles. The van der Waals surface area contributed by atoms with Crippen LogP contribution in [-0.4, -0.2) is 40.9 Å². The van der Waals surface area contributed by atoms with Gasteiger partial charge in [-0.15, -0.1) is 0 Å². The number of Topliss-reactive ketones (excluding diaryl/α,β-unsaturated/α-hetero) is 1. The van der Waals surface area contributed by atoms with Crippen molar-refractivity contribution in [1.82, 2.24) is 0 Å². The number of aliphatic hydroxyl groups excluding tert-OH is 3. The molecule has 4 nitrogen and oxygen atoms in total. The van der Waals surface area contributed by atoms with Gasteiger partial charge in [0.05, 0.1) is 19.1 Å². The van der Waals surface area contributed by atoms with Crippen molar-refractivity contribution in [3.63, 3.8) is 0 Å². The van der Waals surface area contributed by atoms with Crippen molar-refractivity contribution in [3.8, 4) is 0 Å². The molecule has 0 saturated heterocycles. The Labute approximate surface area is 59.1 Å². The van der Waals surface area contributed by atoms with Gasteiger partial charge >= 0.3 is 0 Å². The van der Waals surface area contributed by atoms with Gasteiger partial charge in [0, 0.05) is 13.0 Å². The summed E-state index contributed by atoms with van der Waals surface area (Å²) in [7, 11) is 0. The number of hydrogen-bond acceptors (Lipinski definition) is 4. The van der Waals surface area contributed by atoms with Gasteiger partial charge in [0.15, 0.2) is 0 Å². The minimum absolute atomic E-state index is 0.00574. The van der Waals surface area contributed by atoms with E-state index in [-0.39, 0.29) is 32.0 Å². The smallest absolute Gasteiger partial charge is 0.142 e. The maximum Gasteiger partial charge on any atom is 0.142 e. The molecule has 0 aliphatic rings. The molecular weight excluding hydrogens is 136 g/mol. The predicted molar refractivity (Wildman–Crippen MR) is 34.4 cm³/mol. The van der Waals surface area contributed by atoms with E-state index < -0.39 is 5.92 Å². The monoisotopic (exact) mass is 148 g/mol. The molecule has 0 unspecified atom stereocenters. The average Bonchev–Trinajstić information content (AvgIpc) is 1.91. The van der Waals surface area contributed by atoms with Gasteiger partial charge in [0.1, 0.15) is 5.78 Å². The van der Waals surface area contributed by atoms with Gasteiger partial charge in [-0.3, -0.25) is 4.79 Å². The molecule has 3 N–H and O–H groups in total. The highest BCUT2D eigenvalue weighted by Crippen LogP contribution is 1.98. The lowest BCUT2D eigenvalue weighted by atomic mass is 10.0. The van der Waals surface area contributed by atoms with Gasteiger partial charge in [0.25, 0.3) is 0 Å². The van der Waals surface area contributed by atoms with E-state index in [0.717, 1.165) is 0 Å². The second kappa shape index (κ2) is 5.34. The number of aliphatic hydroxyl groups is 3. The second-order valence-electron chi connectivity index (χ2n) is 2.00. The molecule has 0 radical (unpaired) electrons. The van der Waals surface area contributed by atoms with Crippen LogP contribution in [0.4, 0.5) is 0 Å². The van der Waals surface area contributed by atoms with E-state index in [0.29, 0.717) is 0 Å². The third kappa shape index (κ3) is 2.91. The molecule has 0 aliphatic carbocycles. The first-order chi connectivity index (χ1) is 4.76. The maximum atomic E-state index is 10.7. The molecule has 60 valence electrons. The lowest BCUT2D eigenvalue weighted by Gasteiger charge is -2.06. The fourth-order valence-electron chi connectivity index (χ4n) is 0.576. The zero-order valence-electron chi connectivity index (χ0n) is 5.66. The minimum atomic E-state index is -0.716. The first-order valence-corrected chi connectivity index (χ1v) is 3.11. The van der Waals surface area contributed by atoms with Crippen LogP contribution in [0.15, 0.2) is 0 Å². The Morgan fingerprint density at radius 1 is 1.20 bits per heavy atom. The Hall–Kier alpha value is -0.450. The summed E-state index contributed by atoms with van der Waals surface area (Å²) in [5.41, 5.74) is 0.